The van der Waals surface area contributed by atoms with Gasteiger partial charge in [-0.1, -0.05) is 30.5 Å². The predicted octanol–water partition coefficient (Wildman–Crippen LogP) is 3.84. The number of aryl methyl sites for hydroxylation is 1. The van der Waals surface area contributed by atoms with Gasteiger partial charge in [0.25, 0.3) is 0 Å². The van der Waals surface area contributed by atoms with Gasteiger partial charge < -0.3 is 5.73 Å². The second kappa shape index (κ2) is 4.54. The zero-order chi connectivity index (χ0) is 10.8. The fraction of sp³-hybridized carbons (Fsp3) is 0.538. The van der Waals surface area contributed by atoms with Crippen LogP contribution in [0, 0.1) is 12.8 Å². The van der Waals surface area contributed by atoms with Gasteiger partial charge in [-0.15, -0.1) is 0 Å². The van der Waals surface area contributed by atoms with Gasteiger partial charge in [-0.2, -0.15) is 0 Å². The summed E-state index contributed by atoms with van der Waals surface area (Å²) >= 11 is 5.94. The molecule has 82 valence electrons. The van der Waals surface area contributed by atoms with E-state index in [-0.39, 0.29) is 6.04 Å². The fourth-order valence-corrected chi connectivity index (χ4v) is 2.81. The summed E-state index contributed by atoms with van der Waals surface area (Å²) < 4.78 is 0. The van der Waals surface area contributed by atoms with Crippen molar-refractivity contribution in [2.75, 3.05) is 0 Å². The third kappa shape index (κ3) is 2.35. The fourth-order valence-electron chi connectivity index (χ4n) is 2.58. The molecule has 0 aliphatic heterocycles. The van der Waals surface area contributed by atoms with E-state index >= 15 is 0 Å². The molecule has 0 heterocycles. The minimum Gasteiger partial charge on any atom is -0.324 e. The minimum absolute atomic E-state index is 0.199. The van der Waals surface area contributed by atoms with Gasteiger partial charge in [0.05, 0.1) is 0 Å². The van der Waals surface area contributed by atoms with Gasteiger partial charge in [-0.25, -0.2) is 0 Å². The predicted molar refractivity (Wildman–Crippen MR) is 65.1 cm³/mol. The molecule has 2 N–H and O–H groups in total. The van der Waals surface area contributed by atoms with Gasteiger partial charge >= 0.3 is 0 Å². The van der Waals surface area contributed by atoms with Gasteiger partial charge in [0, 0.05) is 11.1 Å². The van der Waals surface area contributed by atoms with E-state index in [1.54, 1.807) is 0 Å². The first-order chi connectivity index (χ1) is 7.18. The van der Waals surface area contributed by atoms with E-state index in [1.165, 1.54) is 36.8 Å². The zero-order valence-corrected chi connectivity index (χ0v) is 9.93. The van der Waals surface area contributed by atoms with E-state index in [4.69, 9.17) is 17.3 Å². The number of benzene rings is 1. The Morgan fingerprint density at radius 2 is 2.00 bits per heavy atom. The highest BCUT2D eigenvalue weighted by atomic mass is 35.5. The van der Waals surface area contributed by atoms with Crippen LogP contribution in [0.4, 0.5) is 0 Å². The second-order valence-corrected chi connectivity index (χ2v) is 5.01. The van der Waals surface area contributed by atoms with E-state index in [9.17, 15) is 0 Å². The van der Waals surface area contributed by atoms with Crippen molar-refractivity contribution in [1.29, 1.82) is 0 Å². The van der Waals surface area contributed by atoms with Crippen LogP contribution in [0.1, 0.15) is 42.9 Å². The molecular weight excluding hydrogens is 206 g/mol. The highest BCUT2D eigenvalue weighted by Gasteiger charge is 2.24. The Bertz CT molecular complexity index is 342. The average molecular weight is 224 g/mol. The normalized spacial score (nSPS) is 19.4. The van der Waals surface area contributed by atoms with Crippen LogP contribution in [-0.4, -0.2) is 0 Å². The Balaban J connectivity index is 2.20. The molecule has 1 aliphatic carbocycles. The van der Waals surface area contributed by atoms with E-state index in [2.05, 4.69) is 13.0 Å². The standard InChI is InChI=1S/C13H18ClN/c1-9-8-11(14)6-7-12(9)13(15)10-4-2-3-5-10/h6-8,10,13H,2-5,15H2,1H3/t13-/m0/s1. The van der Waals surface area contributed by atoms with Crippen LogP contribution in [0.2, 0.25) is 5.02 Å². The summed E-state index contributed by atoms with van der Waals surface area (Å²) in [5.74, 6) is 0.671. The number of halogens is 1. The van der Waals surface area contributed by atoms with Crippen LogP contribution in [0.25, 0.3) is 0 Å². The molecule has 2 heteroatoms. The smallest absolute Gasteiger partial charge is 0.0408 e. The van der Waals surface area contributed by atoms with Gasteiger partial charge in [-0.3, -0.25) is 0 Å². The van der Waals surface area contributed by atoms with Crippen LogP contribution in [0.15, 0.2) is 18.2 Å². The maximum Gasteiger partial charge on any atom is 0.0408 e. The van der Waals surface area contributed by atoms with E-state index in [1.807, 2.05) is 12.1 Å². The number of hydrogen-bond donors (Lipinski definition) is 1. The van der Waals surface area contributed by atoms with Gasteiger partial charge in [0.15, 0.2) is 0 Å². The van der Waals surface area contributed by atoms with Gasteiger partial charge in [-0.05, 0) is 48.9 Å². The molecule has 0 unspecified atom stereocenters. The van der Waals surface area contributed by atoms with Crippen molar-refractivity contribution in [3.8, 4) is 0 Å². The summed E-state index contributed by atoms with van der Waals surface area (Å²) in [7, 11) is 0. The molecule has 0 saturated heterocycles. The Morgan fingerprint density at radius 1 is 1.33 bits per heavy atom. The number of rotatable bonds is 2. The third-order valence-corrected chi connectivity index (χ3v) is 3.73. The molecule has 0 aromatic heterocycles. The highest BCUT2D eigenvalue weighted by Crippen LogP contribution is 2.35. The van der Waals surface area contributed by atoms with Crippen LogP contribution in [0.3, 0.4) is 0 Å². The molecule has 1 aliphatic rings. The maximum atomic E-state index is 6.31. The number of nitrogens with two attached hydrogens (primary N) is 1. The van der Waals surface area contributed by atoms with Gasteiger partial charge in [0.1, 0.15) is 0 Å². The molecule has 1 atom stereocenters. The Hall–Kier alpha value is -0.530. The maximum absolute atomic E-state index is 6.31. The van der Waals surface area contributed by atoms with Crippen LogP contribution in [-0.2, 0) is 0 Å². The molecule has 1 nitrogen and oxygen atoms in total. The molecule has 0 amide bonds. The molecule has 1 aromatic carbocycles. The molecule has 0 radical (unpaired) electrons. The van der Waals surface area contributed by atoms with Crippen molar-refractivity contribution in [1.82, 2.24) is 0 Å². The summed E-state index contributed by atoms with van der Waals surface area (Å²) in [4.78, 5) is 0. The molecule has 2 rings (SSSR count). The molecule has 1 saturated carbocycles. The van der Waals surface area contributed by atoms with Crippen molar-refractivity contribution in [2.45, 2.75) is 38.6 Å². The quantitative estimate of drug-likeness (QED) is 0.810. The SMILES string of the molecule is Cc1cc(Cl)ccc1[C@@H](N)C1CCCC1. The second-order valence-electron chi connectivity index (χ2n) is 4.57. The summed E-state index contributed by atoms with van der Waals surface area (Å²) in [6.45, 7) is 2.09. The number of hydrogen-bond acceptors (Lipinski definition) is 1. The summed E-state index contributed by atoms with van der Waals surface area (Å²) in [5.41, 5.74) is 8.80. The lowest BCUT2D eigenvalue weighted by atomic mass is 9.90. The largest absolute Gasteiger partial charge is 0.324 e. The van der Waals surface area contributed by atoms with Crippen molar-refractivity contribution in [3.05, 3.63) is 34.3 Å². The van der Waals surface area contributed by atoms with E-state index in [0.717, 1.165) is 5.02 Å². The van der Waals surface area contributed by atoms with E-state index in [0.29, 0.717) is 5.92 Å². The topological polar surface area (TPSA) is 26.0 Å². The summed E-state index contributed by atoms with van der Waals surface area (Å²) in [6, 6.07) is 6.23. The monoisotopic (exact) mass is 223 g/mol. The van der Waals surface area contributed by atoms with Crippen molar-refractivity contribution < 1.29 is 0 Å². The molecular formula is C13H18ClN. The Labute approximate surface area is 96.6 Å². The Kier molecular flexibility index (Phi) is 3.32. The first-order valence-electron chi connectivity index (χ1n) is 5.70. The van der Waals surface area contributed by atoms with Crippen LogP contribution in [0.5, 0.6) is 0 Å². The van der Waals surface area contributed by atoms with E-state index < -0.39 is 0 Å². The zero-order valence-electron chi connectivity index (χ0n) is 9.17. The lowest BCUT2D eigenvalue weighted by molar-refractivity contribution is 0.443. The highest BCUT2D eigenvalue weighted by molar-refractivity contribution is 6.30. The molecule has 1 aromatic rings. The Morgan fingerprint density at radius 3 is 2.60 bits per heavy atom. The first kappa shape index (κ1) is 11.0. The first-order valence-corrected chi connectivity index (χ1v) is 6.08. The van der Waals surface area contributed by atoms with Crippen molar-refractivity contribution in [2.24, 2.45) is 11.7 Å². The lowest BCUT2D eigenvalue weighted by Crippen LogP contribution is -2.20. The van der Waals surface area contributed by atoms with Crippen LogP contribution >= 0.6 is 11.6 Å². The summed E-state index contributed by atoms with van der Waals surface area (Å²) in [6.07, 6.45) is 5.24. The molecule has 0 bridgehead atoms. The van der Waals surface area contributed by atoms with Crippen LogP contribution < -0.4 is 5.73 Å². The summed E-state index contributed by atoms with van der Waals surface area (Å²) in [5, 5.41) is 0.801. The molecule has 15 heavy (non-hydrogen) atoms. The third-order valence-electron chi connectivity index (χ3n) is 3.50. The minimum atomic E-state index is 0.199. The lowest BCUT2D eigenvalue weighted by Gasteiger charge is -2.21. The van der Waals surface area contributed by atoms with Crippen molar-refractivity contribution in [3.63, 3.8) is 0 Å². The van der Waals surface area contributed by atoms with Crippen molar-refractivity contribution >= 4 is 11.6 Å². The van der Waals surface area contributed by atoms with Gasteiger partial charge in [0.2, 0.25) is 0 Å². The average Bonchev–Trinajstić information content (AvgIpc) is 2.69. The molecule has 1 fully saturated rings. The molecule has 0 spiro atoms.